The van der Waals surface area contributed by atoms with E-state index in [-0.39, 0.29) is 0 Å². The monoisotopic (exact) mass is 395 g/mol. The van der Waals surface area contributed by atoms with Gasteiger partial charge >= 0.3 is 0 Å². The molecule has 0 saturated carbocycles. The maximum absolute atomic E-state index is 5.68. The van der Waals surface area contributed by atoms with Crippen LogP contribution in [0.5, 0.6) is 11.5 Å². The average Bonchev–Trinajstić information content (AvgIpc) is 3.08. The van der Waals surface area contributed by atoms with Crippen molar-refractivity contribution in [3.05, 3.63) is 30.5 Å². The summed E-state index contributed by atoms with van der Waals surface area (Å²) >= 11 is 0. The Morgan fingerprint density at radius 3 is 2.55 bits per heavy atom. The summed E-state index contributed by atoms with van der Waals surface area (Å²) in [6.45, 7) is 4.46. The molecule has 0 bridgehead atoms. The Morgan fingerprint density at radius 2 is 1.72 bits per heavy atom. The van der Waals surface area contributed by atoms with Crippen molar-refractivity contribution in [2.24, 2.45) is 0 Å². The normalized spacial score (nSPS) is 19.9. The van der Waals surface area contributed by atoms with Crippen LogP contribution in [-0.4, -0.2) is 49.0 Å². The molecule has 1 N–H and O–H groups in total. The van der Waals surface area contributed by atoms with Gasteiger partial charge < -0.3 is 24.6 Å². The van der Waals surface area contributed by atoms with Gasteiger partial charge in [-0.2, -0.15) is 4.98 Å². The molecule has 1 aromatic carbocycles. The highest BCUT2D eigenvalue weighted by Gasteiger charge is 2.25. The van der Waals surface area contributed by atoms with Gasteiger partial charge in [0.25, 0.3) is 0 Å². The zero-order valence-electron chi connectivity index (χ0n) is 16.8. The number of rotatable bonds is 4. The van der Waals surface area contributed by atoms with E-state index < -0.39 is 0 Å². The van der Waals surface area contributed by atoms with Crippen LogP contribution in [0.3, 0.4) is 0 Å². The number of nitrogens with zero attached hydrogens (tertiary/aromatic N) is 4. The van der Waals surface area contributed by atoms with E-state index in [4.69, 9.17) is 14.5 Å². The Morgan fingerprint density at radius 1 is 0.897 bits per heavy atom. The lowest BCUT2D eigenvalue weighted by molar-refractivity contribution is 0.174. The molecular formula is C22H29N5O2. The van der Waals surface area contributed by atoms with E-state index in [0.29, 0.717) is 12.8 Å². The number of benzene rings is 1. The zero-order chi connectivity index (χ0) is 19.5. The van der Waals surface area contributed by atoms with Gasteiger partial charge in [-0.05, 0) is 43.9 Å². The van der Waals surface area contributed by atoms with Crippen LogP contribution in [0.2, 0.25) is 0 Å². The number of ether oxygens (including phenoxy) is 2. The van der Waals surface area contributed by atoms with Gasteiger partial charge in [0, 0.05) is 38.4 Å². The fourth-order valence-corrected chi connectivity index (χ4v) is 4.51. The van der Waals surface area contributed by atoms with E-state index in [0.717, 1.165) is 68.0 Å². The molecule has 3 aliphatic heterocycles. The summed E-state index contributed by atoms with van der Waals surface area (Å²) in [4.78, 5) is 14.1. The minimum Gasteiger partial charge on any atom is -0.454 e. The third kappa shape index (κ3) is 4.04. The van der Waals surface area contributed by atoms with E-state index in [2.05, 4.69) is 26.2 Å². The molecule has 2 fully saturated rings. The first-order chi connectivity index (χ1) is 14.4. The second-order valence-electron chi connectivity index (χ2n) is 8.06. The molecule has 4 heterocycles. The number of fused-ring (bicyclic) bond motifs is 1. The maximum Gasteiger partial charge on any atom is 0.231 e. The van der Waals surface area contributed by atoms with Gasteiger partial charge in [-0.15, -0.1) is 0 Å². The molecule has 5 rings (SSSR count). The first-order valence-electron chi connectivity index (χ1n) is 10.8. The van der Waals surface area contributed by atoms with Crippen LogP contribution < -0.4 is 24.6 Å². The molecular weight excluding hydrogens is 366 g/mol. The van der Waals surface area contributed by atoms with Crippen LogP contribution in [0, 0.1) is 0 Å². The number of para-hydroxylation sites is 1. The number of hydrogen-bond donors (Lipinski definition) is 1. The number of aromatic nitrogens is 2. The Kier molecular flexibility index (Phi) is 5.28. The molecule has 1 aromatic heterocycles. The van der Waals surface area contributed by atoms with Gasteiger partial charge in [-0.1, -0.05) is 18.9 Å². The lowest BCUT2D eigenvalue weighted by Gasteiger charge is -2.34. The number of piperidine rings is 1. The van der Waals surface area contributed by atoms with Crippen molar-refractivity contribution in [3.63, 3.8) is 0 Å². The van der Waals surface area contributed by atoms with Crippen molar-refractivity contribution in [2.45, 2.75) is 44.6 Å². The van der Waals surface area contributed by atoms with Gasteiger partial charge in [0.1, 0.15) is 5.82 Å². The summed E-state index contributed by atoms with van der Waals surface area (Å²) in [5, 5.41) is 3.57. The van der Waals surface area contributed by atoms with Crippen molar-refractivity contribution >= 4 is 17.5 Å². The van der Waals surface area contributed by atoms with Gasteiger partial charge in [-0.25, -0.2) is 4.98 Å². The predicted octanol–water partition coefficient (Wildman–Crippen LogP) is 3.67. The number of hydrogen-bond acceptors (Lipinski definition) is 7. The van der Waals surface area contributed by atoms with E-state index in [9.17, 15) is 0 Å². The van der Waals surface area contributed by atoms with Gasteiger partial charge in [0.2, 0.25) is 12.7 Å². The Bertz CT molecular complexity index is 830. The summed E-state index contributed by atoms with van der Waals surface area (Å²) in [6, 6.07) is 8.55. The van der Waals surface area contributed by atoms with Crippen LogP contribution in [0.4, 0.5) is 17.5 Å². The number of anilines is 3. The molecule has 2 saturated heterocycles. The highest BCUT2D eigenvalue weighted by Crippen LogP contribution is 2.41. The standard InChI is InChI=1S/C22H29N5O2/c1-2-4-13-27(12-3-1)20-8-11-23-22(25-20)24-17-9-14-26(15-10-17)18-6-5-7-19-21(18)29-16-28-19/h5-8,11,17H,1-4,9-10,12-16H2,(H,23,24,25). The molecule has 3 aliphatic rings. The molecule has 0 atom stereocenters. The maximum atomic E-state index is 5.68. The van der Waals surface area contributed by atoms with Crippen LogP contribution in [0.1, 0.15) is 38.5 Å². The van der Waals surface area contributed by atoms with E-state index in [1.807, 2.05) is 24.4 Å². The summed E-state index contributed by atoms with van der Waals surface area (Å²) in [5.74, 6) is 3.54. The topological polar surface area (TPSA) is 62.8 Å². The van der Waals surface area contributed by atoms with Crippen LogP contribution in [-0.2, 0) is 0 Å². The highest BCUT2D eigenvalue weighted by atomic mass is 16.7. The van der Waals surface area contributed by atoms with E-state index in [1.165, 1.54) is 25.7 Å². The van der Waals surface area contributed by atoms with Crippen molar-refractivity contribution in [2.75, 3.05) is 48.1 Å². The minimum atomic E-state index is 0.315. The fraction of sp³-hybridized carbons (Fsp3) is 0.545. The summed E-state index contributed by atoms with van der Waals surface area (Å²) in [5.41, 5.74) is 1.14. The van der Waals surface area contributed by atoms with Gasteiger partial charge in [0.15, 0.2) is 11.5 Å². The Balaban J connectivity index is 1.20. The van der Waals surface area contributed by atoms with Crippen LogP contribution in [0.25, 0.3) is 0 Å². The minimum absolute atomic E-state index is 0.315. The Hall–Kier alpha value is -2.70. The van der Waals surface area contributed by atoms with Crippen molar-refractivity contribution in [1.82, 2.24) is 9.97 Å². The van der Waals surface area contributed by atoms with Gasteiger partial charge in [0.05, 0.1) is 5.69 Å². The molecule has 0 unspecified atom stereocenters. The Labute approximate surface area is 172 Å². The third-order valence-electron chi connectivity index (χ3n) is 6.12. The lowest BCUT2D eigenvalue weighted by atomic mass is 10.0. The average molecular weight is 396 g/mol. The van der Waals surface area contributed by atoms with Crippen LogP contribution in [0.15, 0.2) is 30.5 Å². The summed E-state index contributed by atoms with van der Waals surface area (Å²) in [7, 11) is 0. The molecule has 7 nitrogen and oxygen atoms in total. The van der Waals surface area contributed by atoms with E-state index in [1.54, 1.807) is 0 Å². The first kappa shape index (κ1) is 18.3. The van der Waals surface area contributed by atoms with Gasteiger partial charge in [-0.3, -0.25) is 0 Å². The quantitative estimate of drug-likeness (QED) is 0.847. The largest absolute Gasteiger partial charge is 0.454 e. The third-order valence-corrected chi connectivity index (χ3v) is 6.12. The van der Waals surface area contributed by atoms with Crippen LogP contribution >= 0.6 is 0 Å². The number of nitrogens with one attached hydrogen (secondary N) is 1. The molecule has 154 valence electrons. The molecule has 0 aliphatic carbocycles. The fourth-order valence-electron chi connectivity index (χ4n) is 4.51. The van der Waals surface area contributed by atoms with E-state index >= 15 is 0 Å². The molecule has 2 aromatic rings. The molecule has 29 heavy (non-hydrogen) atoms. The van der Waals surface area contributed by atoms with Crippen molar-refractivity contribution < 1.29 is 9.47 Å². The lowest BCUT2D eigenvalue weighted by Crippen LogP contribution is -2.39. The SMILES string of the molecule is c1cc2c(c(N3CCC(Nc4nccc(N5CCCCCC5)n4)CC3)c1)OCO2. The first-order valence-corrected chi connectivity index (χ1v) is 10.8. The highest BCUT2D eigenvalue weighted by molar-refractivity contribution is 5.65. The molecule has 0 spiro atoms. The zero-order valence-corrected chi connectivity index (χ0v) is 16.8. The van der Waals surface area contributed by atoms with Crippen molar-refractivity contribution in [3.8, 4) is 11.5 Å². The smallest absolute Gasteiger partial charge is 0.231 e. The van der Waals surface area contributed by atoms with Crippen molar-refractivity contribution in [1.29, 1.82) is 0 Å². The molecule has 0 amide bonds. The summed E-state index contributed by atoms with van der Waals surface area (Å²) < 4.78 is 11.2. The second-order valence-corrected chi connectivity index (χ2v) is 8.06. The second kappa shape index (κ2) is 8.35. The predicted molar refractivity (Wildman–Crippen MR) is 114 cm³/mol. The molecule has 7 heteroatoms. The molecule has 0 radical (unpaired) electrons. The summed E-state index contributed by atoms with van der Waals surface area (Å²) in [6.07, 6.45) is 9.13.